The number of ether oxygens (including phenoxy) is 1. The van der Waals surface area contributed by atoms with Gasteiger partial charge in [-0.2, -0.15) is 0 Å². The highest BCUT2D eigenvalue weighted by Crippen LogP contribution is 2.72. The molecule has 5 unspecified atom stereocenters. The van der Waals surface area contributed by atoms with E-state index < -0.39 is 0 Å². The van der Waals surface area contributed by atoms with Crippen molar-refractivity contribution in [3.8, 4) is 0 Å². The van der Waals surface area contributed by atoms with Crippen LogP contribution in [0, 0.1) is 40.9 Å². The van der Waals surface area contributed by atoms with Gasteiger partial charge in [0.25, 0.3) is 0 Å². The van der Waals surface area contributed by atoms with Crippen LogP contribution in [0.3, 0.4) is 0 Å². The van der Waals surface area contributed by atoms with Gasteiger partial charge in [0, 0.05) is 6.42 Å². The summed E-state index contributed by atoms with van der Waals surface area (Å²) >= 11 is 0. The molecule has 5 rings (SSSR count). The zero-order valence-corrected chi connectivity index (χ0v) is 14.5. The van der Waals surface area contributed by atoms with Crippen molar-refractivity contribution < 1.29 is 9.84 Å². The Hall–Kier alpha value is -0.760. The first-order valence-corrected chi connectivity index (χ1v) is 9.82. The van der Waals surface area contributed by atoms with Crippen molar-refractivity contribution in [3.05, 3.63) is 23.5 Å². The van der Waals surface area contributed by atoms with Gasteiger partial charge in [0.15, 0.2) is 0 Å². The van der Waals surface area contributed by atoms with Crippen molar-refractivity contribution in [2.24, 2.45) is 40.9 Å². The van der Waals surface area contributed by atoms with Crippen molar-refractivity contribution in [2.45, 2.75) is 58.0 Å². The predicted molar refractivity (Wildman–Crippen MR) is 90.5 cm³/mol. The third-order valence-corrected chi connectivity index (χ3v) is 8.49. The minimum absolute atomic E-state index is 0.000159. The quantitative estimate of drug-likeness (QED) is 0.823. The molecule has 0 aromatic rings. The summed E-state index contributed by atoms with van der Waals surface area (Å²) in [6, 6.07) is 0. The molecule has 0 aromatic carbocycles. The molecule has 5 aliphatic carbocycles. The fraction of sp³-hybridized carbons (Fsp3) is 0.810. The maximum Gasteiger partial charge on any atom is 0.0958 e. The molecule has 3 saturated carbocycles. The molecule has 0 spiro atoms. The molecular weight excluding hydrogens is 284 g/mol. The van der Waals surface area contributed by atoms with Gasteiger partial charge in [-0.3, -0.25) is 0 Å². The van der Waals surface area contributed by atoms with Crippen LogP contribution in [0.2, 0.25) is 0 Å². The van der Waals surface area contributed by atoms with E-state index in [9.17, 15) is 5.11 Å². The molecule has 5 aliphatic rings. The van der Waals surface area contributed by atoms with Gasteiger partial charge in [-0.1, -0.05) is 13.0 Å². The number of aliphatic hydroxyl groups is 1. The van der Waals surface area contributed by atoms with E-state index in [4.69, 9.17) is 4.74 Å². The van der Waals surface area contributed by atoms with Gasteiger partial charge in [0.05, 0.1) is 19.0 Å². The monoisotopic (exact) mass is 314 g/mol. The summed E-state index contributed by atoms with van der Waals surface area (Å²) in [5.41, 5.74) is 1.83. The van der Waals surface area contributed by atoms with Crippen LogP contribution in [0.1, 0.15) is 51.9 Å². The Balaban J connectivity index is 1.49. The first kappa shape index (κ1) is 14.6. The molecule has 2 nitrogen and oxygen atoms in total. The van der Waals surface area contributed by atoms with E-state index in [0.29, 0.717) is 5.92 Å². The standard InChI is InChI=1S/C21H30O2/c1-3-21-9-8-15-14-7-5-13(23-2)10-12(14)4-6-16(15)19(21)17-11-18(17)20(21)22/h4,10,14-20,22H,3,5-9,11H2,1-2H3/t14-,15?,16?,17+,18-,19?,20?,21?/m0/s1. The molecule has 8 atom stereocenters. The highest BCUT2D eigenvalue weighted by Gasteiger charge is 2.69. The number of aliphatic hydroxyl groups excluding tert-OH is 1. The second-order valence-corrected chi connectivity index (χ2v) is 8.89. The Bertz CT molecular complexity index is 576. The van der Waals surface area contributed by atoms with Crippen molar-refractivity contribution in [1.29, 1.82) is 0 Å². The van der Waals surface area contributed by atoms with Crippen LogP contribution in [-0.2, 0) is 4.74 Å². The zero-order chi connectivity index (χ0) is 15.8. The van der Waals surface area contributed by atoms with Crippen molar-refractivity contribution >= 4 is 0 Å². The normalized spacial score (nSPS) is 53.3. The van der Waals surface area contributed by atoms with Crippen molar-refractivity contribution in [2.75, 3.05) is 7.11 Å². The molecule has 0 heterocycles. The van der Waals surface area contributed by atoms with Crippen LogP contribution in [0.5, 0.6) is 0 Å². The summed E-state index contributed by atoms with van der Waals surface area (Å²) in [5.74, 6) is 5.93. The third-order valence-electron chi connectivity index (χ3n) is 8.49. The van der Waals surface area contributed by atoms with E-state index in [-0.39, 0.29) is 11.5 Å². The number of methoxy groups -OCH3 is 1. The van der Waals surface area contributed by atoms with E-state index in [1.807, 2.05) is 7.11 Å². The maximum atomic E-state index is 10.9. The van der Waals surface area contributed by atoms with E-state index >= 15 is 0 Å². The SMILES string of the molecule is CCC12CCC3C(CC=C4C=C(OC)CC[C@@H]43)C1[C@@H]1C[C@@H]1C2O. The van der Waals surface area contributed by atoms with Crippen molar-refractivity contribution in [3.63, 3.8) is 0 Å². The lowest BCUT2D eigenvalue weighted by atomic mass is 9.51. The van der Waals surface area contributed by atoms with Crippen molar-refractivity contribution in [1.82, 2.24) is 0 Å². The Morgan fingerprint density at radius 3 is 2.87 bits per heavy atom. The topological polar surface area (TPSA) is 29.5 Å². The minimum atomic E-state index is 0.000159. The summed E-state index contributed by atoms with van der Waals surface area (Å²) in [5, 5.41) is 10.9. The Kier molecular flexibility index (Phi) is 3.09. The van der Waals surface area contributed by atoms with E-state index in [1.165, 1.54) is 44.3 Å². The lowest BCUT2D eigenvalue weighted by Crippen LogP contribution is -2.50. The van der Waals surface area contributed by atoms with Gasteiger partial charge in [-0.25, -0.2) is 0 Å². The number of allylic oxidation sites excluding steroid dienone is 4. The van der Waals surface area contributed by atoms with Crippen LogP contribution in [-0.4, -0.2) is 18.3 Å². The Morgan fingerprint density at radius 1 is 1.22 bits per heavy atom. The predicted octanol–water partition coefficient (Wildman–Crippen LogP) is 4.31. The molecule has 23 heavy (non-hydrogen) atoms. The molecule has 0 aromatic heterocycles. The molecule has 0 bridgehead atoms. The smallest absolute Gasteiger partial charge is 0.0958 e. The maximum absolute atomic E-state index is 10.9. The van der Waals surface area contributed by atoms with Gasteiger partial charge in [-0.15, -0.1) is 0 Å². The molecule has 3 fully saturated rings. The lowest BCUT2D eigenvalue weighted by Gasteiger charge is -2.54. The largest absolute Gasteiger partial charge is 0.501 e. The molecule has 126 valence electrons. The van der Waals surface area contributed by atoms with Crippen LogP contribution < -0.4 is 0 Å². The Morgan fingerprint density at radius 2 is 2.09 bits per heavy atom. The van der Waals surface area contributed by atoms with Crippen LogP contribution >= 0.6 is 0 Å². The van der Waals surface area contributed by atoms with Crippen LogP contribution in [0.25, 0.3) is 0 Å². The fourth-order valence-electron chi connectivity index (χ4n) is 7.41. The summed E-state index contributed by atoms with van der Waals surface area (Å²) < 4.78 is 5.50. The summed E-state index contributed by atoms with van der Waals surface area (Å²) in [4.78, 5) is 0. The molecule has 0 radical (unpaired) electrons. The number of hydrogen-bond donors (Lipinski definition) is 1. The number of fused-ring (bicyclic) bond motifs is 7. The lowest BCUT2D eigenvalue weighted by molar-refractivity contribution is -0.0808. The molecule has 1 N–H and O–H groups in total. The first-order chi connectivity index (χ1) is 11.2. The average molecular weight is 314 g/mol. The highest BCUT2D eigenvalue weighted by molar-refractivity contribution is 5.32. The summed E-state index contributed by atoms with van der Waals surface area (Å²) in [6.45, 7) is 2.33. The van der Waals surface area contributed by atoms with Crippen LogP contribution in [0.15, 0.2) is 23.5 Å². The molecule has 0 aliphatic heterocycles. The van der Waals surface area contributed by atoms with E-state index in [1.54, 1.807) is 5.57 Å². The fourth-order valence-corrected chi connectivity index (χ4v) is 7.41. The number of hydrogen-bond acceptors (Lipinski definition) is 2. The number of rotatable bonds is 2. The van der Waals surface area contributed by atoms with E-state index in [2.05, 4.69) is 19.1 Å². The van der Waals surface area contributed by atoms with Crippen LogP contribution in [0.4, 0.5) is 0 Å². The summed E-state index contributed by atoms with van der Waals surface area (Å²) in [6.07, 6.45) is 13.6. The zero-order valence-electron chi connectivity index (χ0n) is 14.5. The van der Waals surface area contributed by atoms with Gasteiger partial charge >= 0.3 is 0 Å². The third kappa shape index (κ3) is 1.79. The Labute approximate surface area is 140 Å². The van der Waals surface area contributed by atoms with Gasteiger partial charge < -0.3 is 9.84 Å². The minimum Gasteiger partial charge on any atom is -0.501 e. The molecule has 0 saturated heterocycles. The molecule has 2 heteroatoms. The highest BCUT2D eigenvalue weighted by atomic mass is 16.5. The van der Waals surface area contributed by atoms with Gasteiger partial charge in [-0.05, 0) is 91.1 Å². The second kappa shape index (κ2) is 4.88. The van der Waals surface area contributed by atoms with Gasteiger partial charge in [0.2, 0.25) is 0 Å². The summed E-state index contributed by atoms with van der Waals surface area (Å²) in [7, 11) is 1.81. The molecule has 0 amide bonds. The molecular formula is C21H30O2. The first-order valence-electron chi connectivity index (χ1n) is 9.82. The average Bonchev–Trinajstić information content (AvgIpc) is 3.34. The van der Waals surface area contributed by atoms with Gasteiger partial charge in [0.1, 0.15) is 0 Å². The van der Waals surface area contributed by atoms with E-state index in [0.717, 1.165) is 36.0 Å². The second-order valence-electron chi connectivity index (χ2n) is 8.89.